The zero-order valence-electron chi connectivity index (χ0n) is 12.8. The molecule has 1 aromatic heterocycles. The van der Waals surface area contributed by atoms with Gasteiger partial charge in [-0.05, 0) is 36.3 Å². The Morgan fingerprint density at radius 3 is 2.60 bits per heavy atom. The van der Waals surface area contributed by atoms with Gasteiger partial charge in [0.15, 0.2) is 0 Å². The second-order valence-electron chi connectivity index (χ2n) is 5.75. The van der Waals surface area contributed by atoms with Crippen LogP contribution in [0.1, 0.15) is 32.5 Å². The maximum Gasteiger partial charge on any atom is 0.0711 e. The SMILES string of the molecule is CCNC(c1c(Br)cnn1C)C(C)(C)N1CCOCC1. The van der Waals surface area contributed by atoms with Gasteiger partial charge in [0.2, 0.25) is 0 Å². The van der Waals surface area contributed by atoms with E-state index in [4.69, 9.17) is 4.74 Å². The van der Waals surface area contributed by atoms with E-state index in [1.165, 1.54) is 5.69 Å². The largest absolute Gasteiger partial charge is 0.379 e. The smallest absolute Gasteiger partial charge is 0.0711 e. The number of rotatable bonds is 5. The van der Waals surface area contributed by atoms with Gasteiger partial charge in [-0.2, -0.15) is 5.10 Å². The topological polar surface area (TPSA) is 42.3 Å². The Balaban J connectivity index is 2.31. The highest BCUT2D eigenvalue weighted by Crippen LogP contribution is 2.35. The number of hydrogen-bond donors (Lipinski definition) is 1. The third kappa shape index (κ3) is 3.08. The molecule has 2 rings (SSSR count). The van der Waals surface area contributed by atoms with Gasteiger partial charge in [-0.25, -0.2) is 0 Å². The van der Waals surface area contributed by atoms with E-state index in [-0.39, 0.29) is 11.6 Å². The van der Waals surface area contributed by atoms with E-state index >= 15 is 0 Å². The van der Waals surface area contributed by atoms with Crippen molar-refractivity contribution < 1.29 is 4.74 Å². The number of nitrogens with one attached hydrogen (secondary N) is 1. The molecule has 1 atom stereocenters. The second kappa shape index (κ2) is 6.56. The lowest BCUT2D eigenvalue weighted by Gasteiger charge is -2.46. The Labute approximate surface area is 129 Å². The first kappa shape index (κ1) is 15.9. The average Bonchev–Trinajstić information content (AvgIpc) is 2.76. The van der Waals surface area contributed by atoms with Crippen molar-refractivity contribution >= 4 is 15.9 Å². The summed E-state index contributed by atoms with van der Waals surface area (Å²) >= 11 is 3.64. The van der Waals surface area contributed by atoms with Crippen molar-refractivity contribution in [1.29, 1.82) is 0 Å². The van der Waals surface area contributed by atoms with Gasteiger partial charge in [-0.15, -0.1) is 0 Å². The van der Waals surface area contributed by atoms with Crippen molar-refractivity contribution in [3.8, 4) is 0 Å². The summed E-state index contributed by atoms with van der Waals surface area (Å²) in [4.78, 5) is 2.50. The van der Waals surface area contributed by atoms with Crippen molar-refractivity contribution in [3.05, 3.63) is 16.4 Å². The van der Waals surface area contributed by atoms with Crippen LogP contribution in [0, 0.1) is 0 Å². The molecule has 0 radical (unpaired) electrons. The summed E-state index contributed by atoms with van der Waals surface area (Å²) in [6, 6.07) is 0.215. The summed E-state index contributed by atoms with van der Waals surface area (Å²) in [6.07, 6.45) is 1.87. The van der Waals surface area contributed by atoms with Crippen molar-refractivity contribution in [2.75, 3.05) is 32.8 Å². The van der Waals surface area contributed by atoms with Gasteiger partial charge < -0.3 is 10.1 Å². The first-order chi connectivity index (χ1) is 9.48. The molecule has 0 amide bonds. The molecule has 1 saturated heterocycles. The van der Waals surface area contributed by atoms with E-state index in [2.05, 4.69) is 52.0 Å². The molecule has 1 aromatic rings. The summed E-state index contributed by atoms with van der Waals surface area (Å²) in [5, 5.41) is 8.00. The van der Waals surface area contributed by atoms with Crippen LogP contribution in [0.3, 0.4) is 0 Å². The van der Waals surface area contributed by atoms with Crippen molar-refractivity contribution in [1.82, 2.24) is 20.0 Å². The summed E-state index contributed by atoms with van der Waals surface area (Å²) in [5.41, 5.74) is 1.19. The van der Waals surface area contributed by atoms with Crippen LogP contribution >= 0.6 is 15.9 Å². The number of hydrogen-bond acceptors (Lipinski definition) is 4. The van der Waals surface area contributed by atoms with Crippen LogP contribution in [0.15, 0.2) is 10.7 Å². The minimum absolute atomic E-state index is 0.00387. The second-order valence-corrected chi connectivity index (χ2v) is 6.60. The summed E-state index contributed by atoms with van der Waals surface area (Å²) in [5.74, 6) is 0. The van der Waals surface area contributed by atoms with E-state index < -0.39 is 0 Å². The molecule has 1 aliphatic heterocycles. The van der Waals surface area contributed by atoms with E-state index in [9.17, 15) is 0 Å². The number of likely N-dealkylation sites (N-methyl/N-ethyl adjacent to an activating group) is 1. The van der Waals surface area contributed by atoms with Crippen LogP contribution < -0.4 is 5.32 Å². The molecule has 0 spiro atoms. The molecule has 1 N–H and O–H groups in total. The Hall–Kier alpha value is -0.430. The highest BCUT2D eigenvalue weighted by Gasteiger charge is 2.39. The lowest BCUT2D eigenvalue weighted by molar-refractivity contribution is -0.0246. The van der Waals surface area contributed by atoms with Gasteiger partial charge in [0.1, 0.15) is 0 Å². The number of halogens is 1. The normalized spacial score (nSPS) is 19.2. The van der Waals surface area contributed by atoms with Crippen molar-refractivity contribution in [2.45, 2.75) is 32.4 Å². The van der Waals surface area contributed by atoms with Gasteiger partial charge in [0.05, 0.1) is 35.6 Å². The lowest BCUT2D eigenvalue weighted by Crippen LogP contribution is -2.56. The Morgan fingerprint density at radius 1 is 1.45 bits per heavy atom. The molecule has 0 bridgehead atoms. The van der Waals surface area contributed by atoms with Gasteiger partial charge in [-0.1, -0.05) is 6.92 Å². The van der Waals surface area contributed by atoms with Crippen LogP contribution in [-0.2, 0) is 11.8 Å². The van der Waals surface area contributed by atoms with Crippen LogP contribution in [0.5, 0.6) is 0 Å². The van der Waals surface area contributed by atoms with Crippen LogP contribution in [0.25, 0.3) is 0 Å². The minimum Gasteiger partial charge on any atom is -0.379 e. The highest BCUT2D eigenvalue weighted by atomic mass is 79.9. The van der Waals surface area contributed by atoms with E-state index in [0.717, 1.165) is 37.3 Å². The number of ether oxygens (including phenoxy) is 1. The minimum atomic E-state index is -0.00387. The molecule has 5 nitrogen and oxygen atoms in total. The monoisotopic (exact) mass is 344 g/mol. The molecule has 6 heteroatoms. The fraction of sp³-hybridized carbons (Fsp3) is 0.786. The predicted molar refractivity (Wildman–Crippen MR) is 83.8 cm³/mol. The van der Waals surface area contributed by atoms with E-state index in [1.54, 1.807) is 0 Å². The maximum atomic E-state index is 5.48. The van der Waals surface area contributed by atoms with Crippen LogP contribution in [0.4, 0.5) is 0 Å². The van der Waals surface area contributed by atoms with Gasteiger partial charge in [0, 0.05) is 25.7 Å². The summed E-state index contributed by atoms with van der Waals surface area (Å²) in [6.45, 7) is 11.2. The first-order valence-corrected chi connectivity index (χ1v) is 8.01. The lowest BCUT2D eigenvalue weighted by atomic mass is 9.89. The fourth-order valence-corrected chi connectivity index (χ4v) is 3.53. The Morgan fingerprint density at radius 2 is 2.10 bits per heavy atom. The fourth-order valence-electron chi connectivity index (χ4n) is 2.95. The third-order valence-corrected chi connectivity index (χ3v) is 4.76. The van der Waals surface area contributed by atoms with E-state index in [0.29, 0.717) is 0 Å². The zero-order chi connectivity index (χ0) is 14.8. The van der Waals surface area contributed by atoms with Gasteiger partial charge in [-0.3, -0.25) is 9.58 Å². The molecule has 1 unspecified atom stereocenters. The summed E-state index contributed by atoms with van der Waals surface area (Å²) in [7, 11) is 2.00. The highest BCUT2D eigenvalue weighted by molar-refractivity contribution is 9.10. The molecule has 1 fully saturated rings. The van der Waals surface area contributed by atoms with Crippen molar-refractivity contribution in [2.24, 2.45) is 7.05 Å². The van der Waals surface area contributed by atoms with Crippen LogP contribution in [-0.4, -0.2) is 53.1 Å². The average molecular weight is 345 g/mol. The molecule has 0 aromatic carbocycles. The molecule has 0 aliphatic carbocycles. The predicted octanol–water partition coefficient (Wildman–Crippen LogP) is 1.94. The molecule has 1 aliphatic rings. The molecule has 0 saturated carbocycles. The quantitative estimate of drug-likeness (QED) is 0.886. The zero-order valence-corrected chi connectivity index (χ0v) is 14.4. The van der Waals surface area contributed by atoms with Gasteiger partial charge in [0.25, 0.3) is 0 Å². The number of aryl methyl sites for hydroxylation is 1. The van der Waals surface area contributed by atoms with E-state index in [1.807, 2.05) is 17.9 Å². The number of nitrogens with zero attached hydrogens (tertiary/aromatic N) is 3. The molecular formula is C14H25BrN4O. The Bertz CT molecular complexity index is 421. The number of morpholine rings is 1. The van der Waals surface area contributed by atoms with Crippen LogP contribution in [0.2, 0.25) is 0 Å². The molecule has 114 valence electrons. The maximum absolute atomic E-state index is 5.48. The number of aromatic nitrogens is 2. The first-order valence-electron chi connectivity index (χ1n) is 7.22. The van der Waals surface area contributed by atoms with Gasteiger partial charge >= 0.3 is 0 Å². The van der Waals surface area contributed by atoms with Crippen molar-refractivity contribution in [3.63, 3.8) is 0 Å². The third-order valence-electron chi connectivity index (χ3n) is 4.15. The molecule has 20 heavy (non-hydrogen) atoms. The molecular weight excluding hydrogens is 320 g/mol. The summed E-state index contributed by atoms with van der Waals surface area (Å²) < 4.78 is 8.50. The standard InChI is InChI=1S/C14H25BrN4O/c1-5-16-13(12-11(15)10-17-18(12)4)14(2,3)19-6-8-20-9-7-19/h10,13,16H,5-9H2,1-4H3. The Kier molecular flexibility index (Phi) is 5.23. The molecule has 2 heterocycles.